The van der Waals surface area contributed by atoms with E-state index in [2.05, 4.69) is 10.3 Å². The van der Waals surface area contributed by atoms with Crippen molar-refractivity contribution in [2.75, 3.05) is 13.2 Å². The van der Waals surface area contributed by atoms with E-state index >= 15 is 0 Å². The Bertz CT molecular complexity index is 839. The third-order valence-corrected chi connectivity index (χ3v) is 4.43. The molecular formula is C21H28N2O4. The van der Waals surface area contributed by atoms with Gasteiger partial charge in [-0.15, -0.1) is 0 Å². The maximum Gasteiger partial charge on any atom is 0.268 e. The number of Topliss-reactive ketones (excluding diaryl/α,β-unsaturated/α-hetero) is 1. The maximum atomic E-state index is 12.7. The largest absolute Gasteiger partial charge is 0.490 e. The van der Waals surface area contributed by atoms with Crippen LogP contribution in [0.1, 0.15) is 71.4 Å². The Morgan fingerprint density at radius 3 is 2.30 bits per heavy atom. The lowest BCUT2D eigenvalue weighted by molar-refractivity contribution is 0.0934. The van der Waals surface area contributed by atoms with E-state index in [0.29, 0.717) is 47.2 Å². The first-order chi connectivity index (χ1) is 12.8. The van der Waals surface area contributed by atoms with Crippen LogP contribution in [0.25, 0.3) is 0 Å². The van der Waals surface area contributed by atoms with Gasteiger partial charge in [-0.05, 0) is 64.8 Å². The van der Waals surface area contributed by atoms with Gasteiger partial charge in [0.05, 0.1) is 19.3 Å². The summed E-state index contributed by atoms with van der Waals surface area (Å²) in [5.74, 6) is 1.04. The summed E-state index contributed by atoms with van der Waals surface area (Å²) in [7, 11) is 0. The SMILES string of the molecule is CCOc1ccc(C(C)NC(=O)c2[nH]c(C)c(C(C)=O)c2C)cc1OCC. The van der Waals surface area contributed by atoms with Crippen molar-refractivity contribution in [3.8, 4) is 11.5 Å². The molecule has 0 saturated heterocycles. The molecule has 2 aromatic rings. The highest BCUT2D eigenvalue weighted by Crippen LogP contribution is 2.31. The molecule has 6 heteroatoms. The lowest BCUT2D eigenvalue weighted by Crippen LogP contribution is -2.27. The first kappa shape index (κ1) is 20.6. The Hall–Kier alpha value is -2.76. The van der Waals surface area contributed by atoms with Gasteiger partial charge in [0.15, 0.2) is 17.3 Å². The van der Waals surface area contributed by atoms with Gasteiger partial charge in [-0.2, -0.15) is 0 Å². The summed E-state index contributed by atoms with van der Waals surface area (Å²) < 4.78 is 11.2. The van der Waals surface area contributed by atoms with Gasteiger partial charge in [-0.1, -0.05) is 6.07 Å². The van der Waals surface area contributed by atoms with Crippen molar-refractivity contribution in [2.45, 2.75) is 47.6 Å². The van der Waals surface area contributed by atoms with Crippen LogP contribution in [0.3, 0.4) is 0 Å². The highest BCUT2D eigenvalue weighted by Gasteiger charge is 2.21. The van der Waals surface area contributed by atoms with Gasteiger partial charge in [0.1, 0.15) is 5.69 Å². The topological polar surface area (TPSA) is 80.4 Å². The van der Waals surface area contributed by atoms with Gasteiger partial charge in [-0.25, -0.2) is 0 Å². The summed E-state index contributed by atoms with van der Waals surface area (Å²) in [5, 5.41) is 2.98. The number of benzene rings is 1. The van der Waals surface area contributed by atoms with Crippen molar-refractivity contribution >= 4 is 11.7 Å². The highest BCUT2D eigenvalue weighted by molar-refractivity contribution is 6.02. The number of hydrogen-bond acceptors (Lipinski definition) is 4. The van der Waals surface area contributed by atoms with E-state index < -0.39 is 0 Å². The summed E-state index contributed by atoms with van der Waals surface area (Å²) >= 11 is 0. The zero-order valence-corrected chi connectivity index (χ0v) is 16.9. The van der Waals surface area contributed by atoms with Crippen molar-refractivity contribution in [1.29, 1.82) is 0 Å². The smallest absolute Gasteiger partial charge is 0.268 e. The van der Waals surface area contributed by atoms with Gasteiger partial charge in [0.25, 0.3) is 5.91 Å². The molecule has 2 rings (SSSR count). The fraction of sp³-hybridized carbons (Fsp3) is 0.429. The summed E-state index contributed by atoms with van der Waals surface area (Å²) in [5.41, 5.74) is 3.28. The number of carbonyl (C=O) groups excluding carboxylic acids is 2. The number of ketones is 1. The van der Waals surface area contributed by atoms with Crippen LogP contribution in [-0.2, 0) is 0 Å². The van der Waals surface area contributed by atoms with Crippen LogP contribution in [-0.4, -0.2) is 29.9 Å². The standard InChI is InChI=1S/C21H28N2O4/c1-7-26-17-10-9-16(11-18(17)27-8-2)13(4)23-21(25)20-12(3)19(15(6)24)14(5)22-20/h9-11,13,22H,7-8H2,1-6H3,(H,23,25). The van der Waals surface area contributed by atoms with Crippen molar-refractivity contribution < 1.29 is 19.1 Å². The Labute approximate surface area is 160 Å². The Morgan fingerprint density at radius 1 is 1.11 bits per heavy atom. The van der Waals surface area contributed by atoms with Gasteiger partial charge in [0.2, 0.25) is 0 Å². The number of aromatic amines is 1. The van der Waals surface area contributed by atoms with E-state index in [1.54, 1.807) is 13.8 Å². The highest BCUT2D eigenvalue weighted by atomic mass is 16.5. The number of carbonyl (C=O) groups is 2. The minimum Gasteiger partial charge on any atom is -0.490 e. The molecule has 0 bridgehead atoms. The molecule has 1 heterocycles. The second kappa shape index (κ2) is 8.75. The molecule has 1 unspecified atom stereocenters. The fourth-order valence-corrected chi connectivity index (χ4v) is 3.19. The van der Waals surface area contributed by atoms with Crippen molar-refractivity contribution in [1.82, 2.24) is 10.3 Å². The number of nitrogens with one attached hydrogen (secondary N) is 2. The van der Waals surface area contributed by atoms with Crippen LogP contribution in [0.4, 0.5) is 0 Å². The van der Waals surface area contributed by atoms with Gasteiger partial charge in [0, 0.05) is 11.3 Å². The second-order valence-electron chi connectivity index (χ2n) is 6.45. The van der Waals surface area contributed by atoms with E-state index in [9.17, 15) is 9.59 Å². The fourth-order valence-electron chi connectivity index (χ4n) is 3.19. The molecule has 2 N–H and O–H groups in total. The summed E-state index contributed by atoms with van der Waals surface area (Å²) in [6.45, 7) is 11.9. The van der Waals surface area contributed by atoms with Crippen LogP contribution in [0.5, 0.6) is 11.5 Å². The average Bonchev–Trinajstić information content (AvgIpc) is 2.91. The molecular weight excluding hydrogens is 344 g/mol. The molecule has 146 valence electrons. The summed E-state index contributed by atoms with van der Waals surface area (Å²) in [4.78, 5) is 27.5. The third kappa shape index (κ3) is 4.51. The Kier molecular flexibility index (Phi) is 6.66. The normalized spacial score (nSPS) is 11.8. The minimum absolute atomic E-state index is 0.0544. The number of H-pyrrole nitrogens is 1. The molecule has 0 aliphatic carbocycles. The van der Waals surface area contributed by atoms with Crippen LogP contribution in [0, 0.1) is 13.8 Å². The number of rotatable bonds is 8. The zero-order chi connectivity index (χ0) is 20.1. The number of amides is 1. The van der Waals surface area contributed by atoms with E-state index in [-0.39, 0.29) is 17.7 Å². The zero-order valence-electron chi connectivity index (χ0n) is 16.9. The van der Waals surface area contributed by atoms with E-state index in [0.717, 1.165) is 5.56 Å². The predicted molar refractivity (Wildman–Crippen MR) is 105 cm³/mol. The van der Waals surface area contributed by atoms with E-state index in [1.807, 2.05) is 39.0 Å². The van der Waals surface area contributed by atoms with Crippen molar-refractivity contribution in [2.24, 2.45) is 0 Å². The van der Waals surface area contributed by atoms with Crippen LogP contribution >= 0.6 is 0 Å². The van der Waals surface area contributed by atoms with E-state index in [4.69, 9.17) is 9.47 Å². The third-order valence-electron chi connectivity index (χ3n) is 4.43. The Balaban J connectivity index is 2.23. The monoisotopic (exact) mass is 372 g/mol. The quantitative estimate of drug-likeness (QED) is 0.683. The first-order valence-electron chi connectivity index (χ1n) is 9.20. The lowest BCUT2D eigenvalue weighted by atomic mass is 10.1. The average molecular weight is 372 g/mol. The molecule has 0 saturated carbocycles. The molecule has 27 heavy (non-hydrogen) atoms. The van der Waals surface area contributed by atoms with Gasteiger partial charge < -0.3 is 19.8 Å². The Morgan fingerprint density at radius 2 is 1.74 bits per heavy atom. The van der Waals surface area contributed by atoms with Gasteiger partial charge in [-0.3, -0.25) is 9.59 Å². The van der Waals surface area contributed by atoms with E-state index in [1.165, 1.54) is 6.92 Å². The molecule has 1 aromatic carbocycles. The van der Waals surface area contributed by atoms with Crippen molar-refractivity contribution in [3.63, 3.8) is 0 Å². The molecule has 0 aliphatic rings. The summed E-state index contributed by atoms with van der Waals surface area (Å²) in [6, 6.07) is 5.40. The molecule has 0 aliphatic heterocycles. The summed E-state index contributed by atoms with van der Waals surface area (Å²) in [6.07, 6.45) is 0. The maximum absolute atomic E-state index is 12.7. The molecule has 1 aromatic heterocycles. The van der Waals surface area contributed by atoms with Crippen LogP contribution in [0.15, 0.2) is 18.2 Å². The molecule has 6 nitrogen and oxygen atoms in total. The van der Waals surface area contributed by atoms with Crippen LogP contribution in [0.2, 0.25) is 0 Å². The molecule has 0 spiro atoms. The number of aryl methyl sites for hydroxylation is 1. The lowest BCUT2D eigenvalue weighted by Gasteiger charge is -2.17. The number of aromatic nitrogens is 1. The molecule has 0 radical (unpaired) electrons. The minimum atomic E-state index is -0.248. The number of hydrogen-bond donors (Lipinski definition) is 2. The molecule has 1 atom stereocenters. The molecule has 0 fully saturated rings. The van der Waals surface area contributed by atoms with Gasteiger partial charge >= 0.3 is 0 Å². The second-order valence-corrected chi connectivity index (χ2v) is 6.45. The predicted octanol–water partition coefficient (Wildman–Crippen LogP) is 4.12. The molecule has 1 amide bonds. The van der Waals surface area contributed by atoms with Crippen LogP contribution < -0.4 is 14.8 Å². The first-order valence-corrected chi connectivity index (χ1v) is 9.20. The van der Waals surface area contributed by atoms with Crippen molar-refractivity contribution in [3.05, 3.63) is 46.3 Å². The number of ether oxygens (including phenoxy) is 2.